The Bertz CT molecular complexity index is 357. The van der Waals surface area contributed by atoms with E-state index in [0.717, 1.165) is 0 Å². The van der Waals surface area contributed by atoms with Crippen LogP contribution in [0.25, 0.3) is 0 Å². The van der Waals surface area contributed by atoms with Gasteiger partial charge in [-0.25, -0.2) is 0 Å². The molecule has 0 aromatic carbocycles. The van der Waals surface area contributed by atoms with Gasteiger partial charge in [-0.1, -0.05) is 0 Å². The minimum absolute atomic E-state index is 3.52. The van der Waals surface area contributed by atoms with Gasteiger partial charge in [-0.15, -0.1) is 0 Å². The second-order valence-corrected chi connectivity index (χ2v) is 13.3. The third kappa shape index (κ3) is 4.84. The summed E-state index contributed by atoms with van der Waals surface area (Å²) in [6.07, 6.45) is 0. The Morgan fingerprint density at radius 1 is 0.500 bits per heavy atom. The van der Waals surface area contributed by atoms with Crippen molar-refractivity contribution in [3.63, 3.8) is 0 Å². The molecule has 1 aliphatic rings. The van der Waals surface area contributed by atoms with Crippen LogP contribution in [0, 0.1) is 0 Å². The van der Waals surface area contributed by atoms with Crippen molar-refractivity contribution in [3.8, 4) is 0 Å². The Hall–Kier alpha value is 1.22. The van der Waals surface area contributed by atoms with Crippen molar-refractivity contribution in [1.29, 1.82) is 0 Å². The van der Waals surface area contributed by atoms with Gasteiger partial charge in [0.1, 0.15) is 0 Å². The van der Waals surface area contributed by atoms with E-state index in [1.165, 1.54) is 0 Å². The molecular formula is H4O12V4. The Labute approximate surface area is 101 Å². The molecule has 4 N–H and O–H groups in total. The molecule has 0 unspecified atom stereocenters. The van der Waals surface area contributed by atoms with Crippen LogP contribution < -0.4 is 0 Å². The second kappa shape index (κ2) is 4.40. The van der Waals surface area contributed by atoms with Gasteiger partial charge in [-0.3, -0.25) is 0 Å². The number of rotatable bonds is 0. The summed E-state index contributed by atoms with van der Waals surface area (Å²) < 4.78 is 92.5. The van der Waals surface area contributed by atoms with Crippen molar-refractivity contribution in [3.05, 3.63) is 0 Å². The van der Waals surface area contributed by atoms with Crippen LogP contribution in [0.2, 0.25) is 0 Å². The normalized spacial score (nSPS) is 55.2. The Kier molecular flexibility index (Phi) is 4.20. The molecule has 0 amide bonds. The van der Waals surface area contributed by atoms with E-state index in [1.807, 2.05) is 0 Å². The maximum absolute atomic E-state index is 10.9. The molecule has 1 heterocycles. The van der Waals surface area contributed by atoms with E-state index < -0.39 is 60.1 Å². The zero-order valence-electron chi connectivity index (χ0n) is 6.84. The van der Waals surface area contributed by atoms with E-state index in [4.69, 9.17) is 16.1 Å². The number of hydrogen-bond acceptors (Lipinski definition) is 8. The van der Waals surface area contributed by atoms with Gasteiger partial charge < -0.3 is 0 Å². The number of hydrogen-bond donors (Lipinski definition) is 4. The summed E-state index contributed by atoms with van der Waals surface area (Å²) in [6, 6.07) is 0. The molecule has 0 aromatic heterocycles. The van der Waals surface area contributed by atoms with Crippen LogP contribution in [0.1, 0.15) is 0 Å². The second-order valence-electron chi connectivity index (χ2n) is 2.20. The molecule has 1 rings (SSSR count). The van der Waals surface area contributed by atoms with Crippen molar-refractivity contribution >= 4 is 0 Å². The summed E-state index contributed by atoms with van der Waals surface area (Å²) in [5, 5.41) is 0. The van der Waals surface area contributed by atoms with Crippen molar-refractivity contribution in [2.45, 2.75) is 0 Å². The molecule has 0 radical (unpaired) electrons. The van der Waals surface area contributed by atoms with Crippen LogP contribution >= 0.6 is 0 Å². The van der Waals surface area contributed by atoms with E-state index in [2.05, 4.69) is 10.3 Å². The third-order valence-corrected chi connectivity index (χ3v) is 14.0. The standard InChI is InChI=1S/4H2O.8O.4V/h4*1H2;;;;;;;;;;;;/q;;;;;;;;;;;;4*+1/p-4. The van der Waals surface area contributed by atoms with Gasteiger partial charge in [0.05, 0.1) is 0 Å². The quantitative estimate of drug-likeness (QED) is 0.324. The SMILES string of the molecule is [O]=[V]1([OH])[O][V](=[O])([OH])[O][V](=[O])([OH])[O][V](=[O])([OH])[O]1. The molecule has 0 bridgehead atoms. The van der Waals surface area contributed by atoms with E-state index in [0.29, 0.717) is 0 Å². The first kappa shape index (κ1) is 15.3. The Morgan fingerprint density at radius 2 is 0.625 bits per heavy atom. The summed E-state index contributed by atoms with van der Waals surface area (Å²) in [4.78, 5) is 0. The Balaban J connectivity index is 3.18. The summed E-state index contributed by atoms with van der Waals surface area (Å²) >= 11 is -24.2. The molecule has 0 spiro atoms. The van der Waals surface area contributed by atoms with Gasteiger partial charge in [0.15, 0.2) is 0 Å². The topological polar surface area (TPSA) is 186 Å². The molecule has 16 heavy (non-hydrogen) atoms. The fourth-order valence-corrected chi connectivity index (χ4v) is 13.0. The van der Waals surface area contributed by atoms with Gasteiger partial charge >= 0.3 is 101 Å². The molecule has 1 saturated heterocycles. The molecule has 96 valence electrons. The third-order valence-electron chi connectivity index (χ3n) is 0.825. The Morgan fingerprint density at radius 3 is 0.750 bits per heavy atom. The van der Waals surface area contributed by atoms with Crippen molar-refractivity contribution in [2.24, 2.45) is 0 Å². The van der Waals surface area contributed by atoms with Crippen LogP contribution in [0.15, 0.2) is 0 Å². The molecule has 1 fully saturated rings. The predicted octanol–water partition coefficient (Wildman–Crippen LogP) is -2.99. The zero-order chi connectivity index (χ0) is 12.8. The first-order valence-corrected chi connectivity index (χ1v) is 12.3. The molecule has 16 heteroatoms. The van der Waals surface area contributed by atoms with Crippen LogP contribution in [-0.4, -0.2) is 16.1 Å². The van der Waals surface area contributed by atoms with Crippen molar-refractivity contribution in [1.82, 2.24) is 0 Å². The monoisotopic (exact) mass is 400 g/mol. The molecule has 1 aliphatic heterocycles. The first-order chi connectivity index (χ1) is 6.83. The van der Waals surface area contributed by atoms with E-state index in [-0.39, 0.29) is 0 Å². The van der Waals surface area contributed by atoms with Crippen LogP contribution in [0.3, 0.4) is 0 Å². The zero-order valence-corrected chi connectivity index (χ0v) is 12.4. The molecule has 0 atom stereocenters. The van der Waals surface area contributed by atoms with Crippen molar-refractivity contribution in [2.75, 3.05) is 0 Å². The predicted molar refractivity (Wildman–Crippen MR) is 16.0 cm³/mol. The molecule has 0 aromatic rings. The maximum atomic E-state index is 10.9. The average molecular weight is 400 g/mol. The van der Waals surface area contributed by atoms with Gasteiger partial charge in [0.25, 0.3) is 0 Å². The molecule has 12 nitrogen and oxygen atoms in total. The molecule has 0 aliphatic carbocycles. The first-order valence-electron chi connectivity index (χ1n) is 2.99. The van der Waals surface area contributed by atoms with E-state index in [1.54, 1.807) is 0 Å². The fourth-order valence-electron chi connectivity index (χ4n) is 0.581. The van der Waals surface area contributed by atoms with Gasteiger partial charge in [-0.2, -0.15) is 0 Å². The average Bonchev–Trinajstić information content (AvgIpc) is 1.67. The minimum atomic E-state index is -6.06. The van der Waals surface area contributed by atoms with Gasteiger partial charge in [0, 0.05) is 0 Å². The summed E-state index contributed by atoms with van der Waals surface area (Å²) in [7, 11) is 0. The summed E-state index contributed by atoms with van der Waals surface area (Å²) in [5.41, 5.74) is 0. The van der Waals surface area contributed by atoms with Crippen LogP contribution in [-0.2, 0) is 85.1 Å². The van der Waals surface area contributed by atoms with Crippen LogP contribution in [0.5, 0.6) is 0 Å². The van der Waals surface area contributed by atoms with Gasteiger partial charge in [0.2, 0.25) is 0 Å². The molecular weight excluding hydrogens is 396 g/mol. The van der Waals surface area contributed by atoms with Crippen LogP contribution in [0.4, 0.5) is 0 Å². The van der Waals surface area contributed by atoms with Crippen molar-refractivity contribution < 1.29 is 101 Å². The van der Waals surface area contributed by atoms with E-state index >= 15 is 0 Å². The van der Waals surface area contributed by atoms with Gasteiger partial charge in [-0.05, 0) is 0 Å². The summed E-state index contributed by atoms with van der Waals surface area (Å²) in [5.74, 6) is 0. The summed E-state index contributed by atoms with van der Waals surface area (Å²) in [6.45, 7) is 0. The van der Waals surface area contributed by atoms with E-state index in [9.17, 15) is 14.7 Å². The molecule has 0 saturated carbocycles. The fraction of sp³-hybridized carbons (Fsp3) is 0.